The third-order valence-electron chi connectivity index (χ3n) is 6.51. The van der Waals surface area contributed by atoms with Crippen molar-refractivity contribution in [1.82, 2.24) is 4.90 Å². The number of ketones is 1. The van der Waals surface area contributed by atoms with E-state index >= 15 is 0 Å². The van der Waals surface area contributed by atoms with Gasteiger partial charge in [-0.2, -0.15) is 0 Å². The van der Waals surface area contributed by atoms with E-state index in [4.69, 9.17) is 30.2 Å². The number of ether oxygens (including phenoxy) is 3. The average molecular weight is 458 g/mol. The Morgan fingerprint density at radius 3 is 2.66 bits per heavy atom. The molecule has 1 aromatic carbocycles. The van der Waals surface area contributed by atoms with Crippen LogP contribution < -0.4 is 9.47 Å². The van der Waals surface area contributed by atoms with Crippen molar-refractivity contribution in [3.05, 3.63) is 59.3 Å². The fourth-order valence-corrected chi connectivity index (χ4v) is 5.28. The number of amides is 1. The highest BCUT2D eigenvalue weighted by Gasteiger charge is 2.53. The predicted octanol–water partition coefficient (Wildman–Crippen LogP) is 4.01. The molecular formula is C24H24ClNO6. The molecule has 5 rings (SSSR count). The predicted molar refractivity (Wildman–Crippen MR) is 115 cm³/mol. The van der Waals surface area contributed by atoms with Gasteiger partial charge in [0.05, 0.1) is 44.6 Å². The zero-order valence-electron chi connectivity index (χ0n) is 17.9. The standard InChI is InChI=1S/C24H24ClNO6/c1-29-18-7-5-13(10-19(18)30-2)21-20-22(27)16-11-14(25)6-8-17(16)32-23(20)24(28)26(21)12-15-4-3-9-31-15/h3-5,7,9-10,14,16-17,21H,6,8,11-12H2,1-2H3. The largest absolute Gasteiger partial charge is 0.493 e. The van der Waals surface area contributed by atoms with E-state index in [9.17, 15) is 9.59 Å². The molecule has 1 fully saturated rings. The fraction of sp³-hybridized carbons (Fsp3) is 0.417. The van der Waals surface area contributed by atoms with E-state index in [0.29, 0.717) is 35.7 Å². The van der Waals surface area contributed by atoms with Gasteiger partial charge in [0.15, 0.2) is 23.0 Å². The molecule has 2 aliphatic heterocycles. The van der Waals surface area contributed by atoms with Crippen molar-refractivity contribution in [2.24, 2.45) is 5.92 Å². The average Bonchev–Trinajstić information content (AvgIpc) is 3.41. The van der Waals surface area contributed by atoms with Crippen molar-refractivity contribution >= 4 is 23.3 Å². The van der Waals surface area contributed by atoms with Crippen molar-refractivity contribution in [3.8, 4) is 11.5 Å². The Morgan fingerprint density at radius 1 is 1.12 bits per heavy atom. The quantitative estimate of drug-likeness (QED) is 0.631. The molecule has 4 atom stereocenters. The Labute approximate surface area is 190 Å². The number of carbonyl (C=O) groups excluding carboxylic acids is 2. The third-order valence-corrected chi connectivity index (χ3v) is 6.91. The van der Waals surface area contributed by atoms with Crippen molar-refractivity contribution in [2.75, 3.05) is 14.2 Å². The molecule has 168 valence electrons. The lowest BCUT2D eigenvalue weighted by molar-refractivity contribution is -0.135. The smallest absolute Gasteiger partial charge is 0.290 e. The maximum absolute atomic E-state index is 13.7. The van der Waals surface area contributed by atoms with Crippen LogP contribution in [0.15, 0.2) is 52.3 Å². The molecule has 1 aliphatic carbocycles. The van der Waals surface area contributed by atoms with E-state index in [-0.39, 0.29) is 41.4 Å². The monoisotopic (exact) mass is 457 g/mol. The zero-order chi connectivity index (χ0) is 22.4. The number of hydrogen-bond donors (Lipinski definition) is 0. The Bertz CT molecular complexity index is 1080. The summed E-state index contributed by atoms with van der Waals surface area (Å²) >= 11 is 6.38. The number of alkyl halides is 1. The number of nitrogens with zero attached hydrogens (tertiary/aromatic N) is 1. The molecule has 3 aliphatic rings. The van der Waals surface area contributed by atoms with Crippen LogP contribution in [-0.2, 0) is 20.9 Å². The minimum Gasteiger partial charge on any atom is -0.493 e. The van der Waals surface area contributed by atoms with Crippen molar-refractivity contribution in [1.29, 1.82) is 0 Å². The number of hydrogen-bond acceptors (Lipinski definition) is 6. The highest BCUT2D eigenvalue weighted by molar-refractivity contribution is 6.21. The second kappa shape index (κ2) is 8.20. The molecule has 0 N–H and O–H groups in total. The van der Waals surface area contributed by atoms with Gasteiger partial charge in [-0.3, -0.25) is 9.59 Å². The van der Waals surface area contributed by atoms with Crippen molar-refractivity contribution < 1.29 is 28.2 Å². The van der Waals surface area contributed by atoms with Gasteiger partial charge >= 0.3 is 0 Å². The molecule has 1 amide bonds. The van der Waals surface area contributed by atoms with Crippen molar-refractivity contribution in [2.45, 2.75) is 43.3 Å². The molecule has 4 unspecified atom stereocenters. The van der Waals surface area contributed by atoms with Gasteiger partial charge in [0.25, 0.3) is 5.91 Å². The molecule has 0 bridgehead atoms. The van der Waals surface area contributed by atoms with Crippen LogP contribution in [0.5, 0.6) is 11.5 Å². The number of carbonyl (C=O) groups is 2. The van der Waals surface area contributed by atoms with Gasteiger partial charge in [0, 0.05) is 5.38 Å². The van der Waals surface area contributed by atoms with Gasteiger partial charge in [-0.25, -0.2) is 0 Å². The van der Waals surface area contributed by atoms with Gasteiger partial charge in [-0.15, -0.1) is 11.6 Å². The van der Waals surface area contributed by atoms with E-state index in [1.807, 2.05) is 6.07 Å². The van der Waals surface area contributed by atoms with Gasteiger partial charge in [-0.1, -0.05) is 6.07 Å². The van der Waals surface area contributed by atoms with Crippen LogP contribution in [0.4, 0.5) is 0 Å². The number of rotatable bonds is 5. The SMILES string of the molecule is COc1ccc(C2C3=C(OC4CCC(Cl)CC4C3=O)C(=O)N2Cc2ccco2)cc1OC. The lowest BCUT2D eigenvalue weighted by atomic mass is 9.77. The van der Waals surface area contributed by atoms with Gasteiger partial charge in [0.1, 0.15) is 11.9 Å². The molecule has 3 heterocycles. The summed E-state index contributed by atoms with van der Waals surface area (Å²) in [4.78, 5) is 28.8. The van der Waals surface area contributed by atoms with Gasteiger partial charge in [-0.05, 0) is 49.1 Å². The highest BCUT2D eigenvalue weighted by Crippen LogP contribution is 2.48. The topological polar surface area (TPSA) is 78.2 Å². The molecule has 7 nitrogen and oxygen atoms in total. The summed E-state index contributed by atoms with van der Waals surface area (Å²) in [6, 6.07) is 8.37. The van der Waals surface area contributed by atoms with Gasteiger partial charge < -0.3 is 23.5 Å². The molecule has 1 aromatic heterocycles. The molecule has 8 heteroatoms. The maximum Gasteiger partial charge on any atom is 0.290 e. The summed E-state index contributed by atoms with van der Waals surface area (Å²) in [5.41, 5.74) is 1.13. The second-order valence-corrected chi connectivity index (χ2v) is 8.93. The van der Waals surface area contributed by atoms with E-state index in [1.165, 1.54) is 0 Å². The normalized spacial score (nSPS) is 27.2. The van der Waals surface area contributed by atoms with E-state index in [2.05, 4.69) is 0 Å². The summed E-state index contributed by atoms with van der Waals surface area (Å²) in [7, 11) is 3.11. The Kier molecular flexibility index (Phi) is 5.37. The third kappa shape index (κ3) is 3.35. The second-order valence-electron chi connectivity index (χ2n) is 8.31. The van der Waals surface area contributed by atoms with Gasteiger partial charge in [0.2, 0.25) is 0 Å². The number of halogens is 1. The van der Waals surface area contributed by atoms with E-state index in [0.717, 1.165) is 12.0 Å². The minimum atomic E-state index is -0.619. The summed E-state index contributed by atoms with van der Waals surface area (Å²) in [6.45, 7) is 0.210. The summed E-state index contributed by atoms with van der Waals surface area (Å²) < 4.78 is 22.5. The number of furan rings is 1. The lowest BCUT2D eigenvalue weighted by Crippen LogP contribution is -2.41. The first-order valence-corrected chi connectivity index (χ1v) is 11.1. The zero-order valence-corrected chi connectivity index (χ0v) is 18.6. The summed E-state index contributed by atoms with van der Waals surface area (Å²) in [5.74, 6) is 1.14. The first-order chi connectivity index (χ1) is 15.5. The fourth-order valence-electron chi connectivity index (χ4n) is 4.97. The molecule has 0 radical (unpaired) electrons. The molecule has 0 spiro atoms. The first kappa shape index (κ1) is 20.9. The van der Waals surface area contributed by atoms with Crippen molar-refractivity contribution in [3.63, 3.8) is 0 Å². The molecule has 0 saturated heterocycles. The first-order valence-electron chi connectivity index (χ1n) is 10.7. The van der Waals surface area contributed by atoms with E-state index < -0.39 is 6.04 Å². The lowest BCUT2D eigenvalue weighted by Gasteiger charge is -2.37. The van der Waals surface area contributed by atoms with Crippen LogP contribution in [0.25, 0.3) is 0 Å². The number of methoxy groups -OCH3 is 2. The Hall–Kier alpha value is -2.93. The van der Waals surface area contributed by atoms with Crippen LogP contribution in [-0.4, -0.2) is 42.3 Å². The Morgan fingerprint density at radius 2 is 1.94 bits per heavy atom. The summed E-state index contributed by atoms with van der Waals surface area (Å²) in [5, 5.41) is -0.0678. The van der Waals surface area contributed by atoms with Crippen LogP contribution in [0.1, 0.15) is 36.6 Å². The van der Waals surface area contributed by atoms with E-state index in [1.54, 1.807) is 49.6 Å². The summed E-state index contributed by atoms with van der Waals surface area (Å²) in [6.07, 6.45) is 3.23. The van der Waals surface area contributed by atoms with Crippen LogP contribution in [0.2, 0.25) is 0 Å². The number of Topliss-reactive ketones (excluding diaryl/α,β-unsaturated/α-hetero) is 1. The molecular weight excluding hydrogens is 434 g/mol. The highest BCUT2D eigenvalue weighted by atomic mass is 35.5. The maximum atomic E-state index is 13.7. The number of benzene rings is 1. The van der Waals surface area contributed by atoms with Crippen LogP contribution in [0.3, 0.4) is 0 Å². The molecule has 2 aromatic rings. The molecule has 1 saturated carbocycles. The minimum absolute atomic E-state index is 0.0586. The van der Waals surface area contributed by atoms with Crippen LogP contribution >= 0.6 is 11.6 Å². The molecule has 32 heavy (non-hydrogen) atoms. The Balaban J connectivity index is 1.60. The number of fused-ring (bicyclic) bond motifs is 1. The van der Waals surface area contributed by atoms with Crippen LogP contribution in [0, 0.1) is 5.92 Å².